The molecule has 94 valence electrons. The third-order valence-electron chi connectivity index (χ3n) is 3.94. The first-order valence-corrected chi connectivity index (χ1v) is 6.75. The molecule has 3 nitrogen and oxygen atoms in total. The normalized spacial score (nSPS) is 23.5. The molecule has 0 spiro atoms. The highest BCUT2D eigenvalue weighted by Gasteiger charge is 2.45. The van der Waals surface area contributed by atoms with Crippen molar-refractivity contribution in [3.8, 4) is 0 Å². The fourth-order valence-corrected chi connectivity index (χ4v) is 2.98. The van der Waals surface area contributed by atoms with Crippen LogP contribution in [0.15, 0.2) is 0 Å². The van der Waals surface area contributed by atoms with Crippen molar-refractivity contribution < 1.29 is 14.4 Å². The van der Waals surface area contributed by atoms with Gasteiger partial charge in [0.05, 0.1) is 19.6 Å². The number of rotatable bonds is 7. The van der Waals surface area contributed by atoms with Crippen LogP contribution in [-0.2, 0) is 4.79 Å². The van der Waals surface area contributed by atoms with E-state index in [1.165, 1.54) is 12.8 Å². The third kappa shape index (κ3) is 2.97. The molecule has 0 aromatic heterocycles. The van der Waals surface area contributed by atoms with Gasteiger partial charge in [0.2, 0.25) is 0 Å². The predicted octanol–water partition coefficient (Wildman–Crippen LogP) is 2.65. The van der Waals surface area contributed by atoms with Crippen molar-refractivity contribution in [1.82, 2.24) is 0 Å². The molecule has 3 heteroatoms. The van der Waals surface area contributed by atoms with Crippen LogP contribution in [0.2, 0.25) is 0 Å². The number of nitrogens with zero attached hydrogens (tertiary/aromatic N) is 1. The Balaban J connectivity index is 2.70. The summed E-state index contributed by atoms with van der Waals surface area (Å²) in [5, 5.41) is 9.33. The van der Waals surface area contributed by atoms with Crippen LogP contribution >= 0.6 is 0 Å². The quantitative estimate of drug-likeness (QED) is 0.680. The van der Waals surface area contributed by atoms with E-state index in [4.69, 9.17) is 0 Å². The molecule has 1 unspecified atom stereocenters. The lowest BCUT2D eigenvalue weighted by Crippen LogP contribution is -2.55. The number of hydrogen-bond donors (Lipinski definition) is 1. The molecule has 0 aromatic carbocycles. The topological polar surface area (TPSA) is 37.3 Å². The second-order valence-corrected chi connectivity index (χ2v) is 5.09. The molecular formula is C13H26NO2+. The number of unbranched alkanes of at least 4 members (excludes halogenated alkanes) is 2. The minimum absolute atomic E-state index is 0.127. The maximum Gasteiger partial charge on any atom is 0.362 e. The van der Waals surface area contributed by atoms with Crippen LogP contribution in [0.3, 0.4) is 0 Å². The summed E-state index contributed by atoms with van der Waals surface area (Å²) in [5.41, 5.74) is 0. The lowest BCUT2D eigenvalue weighted by Gasteiger charge is -2.38. The van der Waals surface area contributed by atoms with E-state index in [1.54, 1.807) is 0 Å². The summed E-state index contributed by atoms with van der Waals surface area (Å²) in [6.07, 6.45) is 6.62. The van der Waals surface area contributed by atoms with Crippen LogP contribution < -0.4 is 0 Å². The Hall–Kier alpha value is -0.570. The number of carbonyl (C=O) groups is 1. The number of hydrogen-bond acceptors (Lipinski definition) is 1. The molecule has 1 aliphatic rings. The highest BCUT2D eigenvalue weighted by atomic mass is 16.4. The van der Waals surface area contributed by atoms with E-state index in [0.29, 0.717) is 0 Å². The summed E-state index contributed by atoms with van der Waals surface area (Å²) in [6.45, 7) is 7.57. The summed E-state index contributed by atoms with van der Waals surface area (Å²) < 4.78 is 0.858. The van der Waals surface area contributed by atoms with Gasteiger partial charge in [0.25, 0.3) is 0 Å². The summed E-state index contributed by atoms with van der Waals surface area (Å²) in [5.74, 6) is -0.579. The van der Waals surface area contributed by atoms with Crippen molar-refractivity contribution in [3.63, 3.8) is 0 Å². The highest BCUT2D eigenvalue weighted by Crippen LogP contribution is 2.29. The molecule has 0 saturated carbocycles. The lowest BCUT2D eigenvalue weighted by atomic mass is 10.1. The maximum atomic E-state index is 11.3. The van der Waals surface area contributed by atoms with Gasteiger partial charge in [-0.1, -0.05) is 26.7 Å². The molecular weight excluding hydrogens is 202 g/mol. The minimum atomic E-state index is -0.579. The molecule has 0 bridgehead atoms. The van der Waals surface area contributed by atoms with E-state index in [1.807, 2.05) is 0 Å². The van der Waals surface area contributed by atoms with Crippen LogP contribution in [0.25, 0.3) is 0 Å². The van der Waals surface area contributed by atoms with Gasteiger partial charge in [-0.15, -0.1) is 0 Å². The van der Waals surface area contributed by atoms with E-state index in [2.05, 4.69) is 13.8 Å². The third-order valence-corrected chi connectivity index (χ3v) is 3.94. The number of carboxylic acid groups (broad SMARTS) is 1. The first kappa shape index (κ1) is 13.5. The molecule has 0 radical (unpaired) electrons. The summed E-state index contributed by atoms with van der Waals surface area (Å²) >= 11 is 0. The Morgan fingerprint density at radius 2 is 1.81 bits per heavy atom. The Bertz CT molecular complexity index is 220. The Morgan fingerprint density at radius 3 is 2.25 bits per heavy atom. The van der Waals surface area contributed by atoms with Crippen molar-refractivity contribution in [3.05, 3.63) is 0 Å². The largest absolute Gasteiger partial charge is 0.477 e. The lowest BCUT2D eigenvalue weighted by molar-refractivity contribution is -0.932. The molecule has 1 N–H and O–H groups in total. The van der Waals surface area contributed by atoms with Crippen LogP contribution in [-0.4, -0.2) is 41.2 Å². The van der Waals surface area contributed by atoms with E-state index in [-0.39, 0.29) is 6.04 Å². The molecule has 1 saturated heterocycles. The van der Waals surface area contributed by atoms with Crippen molar-refractivity contribution in [1.29, 1.82) is 0 Å². The van der Waals surface area contributed by atoms with Crippen molar-refractivity contribution >= 4 is 5.97 Å². The van der Waals surface area contributed by atoms with Gasteiger partial charge in [-0.05, 0) is 12.8 Å². The van der Waals surface area contributed by atoms with Gasteiger partial charge in [-0.3, -0.25) is 0 Å². The Labute approximate surface area is 99.0 Å². The van der Waals surface area contributed by atoms with Gasteiger partial charge in [0.1, 0.15) is 0 Å². The number of carboxylic acids is 1. The minimum Gasteiger partial charge on any atom is -0.477 e. The summed E-state index contributed by atoms with van der Waals surface area (Å²) in [7, 11) is 0. The summed E-state index contributed by atoms with van der Waals surface area (Å²) in [4.78, 5) is 11.3. The fraction of sp³-hybridized carbons (Fsp3) is 0.923. The van der Waals surface area contributed by atoms with Crippen LogP contribution in [0.5, 0.6) is 0 Å². The molecule has 0 aromatic rings. The van der Waals surface area contributed by atoms with Gasteiger partial charge in [0.15, 0.2) is 6.04 Å². The second kappa shape index (κ2) is 6.24. The first-order chi connectivity index (χ1) is 7.66. The Morgan fingerprint density at radius 1 is 1.25 bits per heavy atom. The van der Waals surface area contributed by atoms with Gasteiger partial charge in [-0.25, -0.2) is 4.79 Å². The van der Waals surface area contributed by atoms with Crippen molar-refractivity contribution in [2.24, 2.45) is 0 Å². The van der Waals surface area contributed by atoms with E-state index < -0.39 is 5.97 Å². The summed E-state index contributed by atoms with van der Waals surface area (Å²) in [6, 6.07) is -0.127. The zero-order chi connectivity index (χ0) is 12.0. The van der Waals surface area contributed by atoms with Crippen molar-refractivity contribution in [2.75, 3.05) is 19.6 Å². The van der Waals surface area contributed by atoms with Gasteiger partial charge in [0, 0.05) is 12.8 Å². The SMILES string of the molecule is CCCC[N+]1(CCCC)CCCC1C(=O)O. The Kier molecular flexibility index (Phi) is 5.26. The molecule has 1 heterocycles. The van der Waals surface area contributed by atoms with Crippen LogP contribution in [0, 0.1) is 0 Å². The standard InChI is InChI=1S/C13H25NO2/c1-3-5-9-14(10-6-4-2)11-7-8-12(14)13(15)16/h12H,3-11H2,1-2H3/p+1. The maximum absolute atomic E-state index is 11.3. The van der Waals surface area contributed by atoms with Crippen LogP contribution in [0.4, 0.5) is 0 Å². The highest BCUT2D eigenvalue weighted by molar-refractivity contribution is 5.72. The molecule has 1 rings (SSSR count). The molecule has 1 atom stereocenters. The molecule has 1 aliphatic heterocycles. The van der Waals surface area contributed by atoms with Gasteiger partial charge < -0.3 is 9.59 Å². The zero-order valence-electron chi connectivity index (χ0n) is 10.7. The zero-order valence-corrected chi connectivity index (χ0v) is 10.7. The molecule has 0 aliphatic carbocycles. The molecule has 0 amide bonds. The fourth-order valence-electron chi connectivity index (χ4n) is 2.98. The predicted molar refractivity (Wildman–Crippen MR) is 65.3 cm³/mol. The monoisotopic (exact) mass is 228 g/mol. The average molecular weight is 228 g/mol. The first-order valence-electron chi connectivity index (χ1n) is 6.75. The van der Waals surface area contributed by atoms with E-state index in [0.717, 1.165) is 49.8 Å². The number of likely N-dealkylation sites (tertiary alicyclic amines) is 1. The van der Waals surface area contributed by atoms with E-state index in [9.17, 15) is 9.90 Å². The second-order valence-electron chi connectivity index (χ2n) is 5.09. The molecule has 16 heavy (non-hydrogen) atoms. The smallest absolute Gasteiger partial charge is 0.362 e. The number of aliphatic carboxylic acids is 1. The average Bonchev–Trinajstić information content (AvgIpc) is 2.68. The van der Waals surface area contributed by atoms with Crippen molar-refractivity contribution in [2.45, 2.75) is 58.4 Å². The van der Waals surface area contributed by atoms with Crippen LogP contribution in [0.1, 0.15) is 52.4 Å². The van der Waals surface area contributed by atoms with E-state index >= 15 is 0 Å². The number of quaternary nitrogens is 1. The molecule has 1 fully saturated rings. The van der Waals surface area contributed by atoms with Gasteiger partial charge in [-0.2, -0.15) is 0 Å². The van der Waals surface area contributed by atoms with Gasteiger partial charge >= 0.3 is 5.97 Å².